The van der Waals surface area contributed by atoms with Gasteiger partial charge < -0.3 is 60.9 Å². The van der Waals surface area contributed by atoms with Crippen molar-refractivity contribution in [2.45, 2.75) is 220 Å². The zero-order valence-electron chi connectivity index (χ0n) is 74.2. The molecule has 0 spiro atoms. The molecule has 0 aliphatic carbocycles. The van der Waals surface area contributed by atoms with E-state index < -0.39 is 86.1 Å². The van der Waals surface area contributed by atoms with Crippen LogP contribution in [-0.4, -0.2) is 257 Å². The van der Waals surface area contributed by atoms with E-state index in [0.29, 0.717) is 131 Å². The molecule has 1 saturated heterocycles. The number of benzene rings is 5. The molecule has 30 nitrogen and oxygen atoms in total. The second kappa shape index (κ2) is 46.4. The molecule has 1 fully saturated rings. The average molecular weight is 1830 g/mol. The Morgan fingerprint density at radius 2 is 1.02 bits per heavy atom. The summed E-state index contributed by atoms with van der Waals surface area (Å²) in [6, 6.07) is 22.0. The number of carboxylic acid groups (broad SMARTS) is 1. The van der Waals surface area contributed by atoms with Gasteiger partial charge in [0.2, 0.25) is 29.6 Å². The summed E-state index contributed by atoms with van der Waals surface area (Å²) in [6.45, 7) is 28.7. The van der Waals surface area contributed by atoms with Crippen molar-refractivity contribution in [1.29, 1.82) is 0 Å². The predicted octanol–water partition coefficient (Wildman–Crippen LogP) is 8.93. The Labute approximate surface area is 733 Å². The van der Waals surface area contributed by atoms with Gasteiger partial charge >= 0.3 is 23.9 Å². The zero-order chi connectivity index (χ0) is 89.9. The van der Waals surface area contributed by atoms with Crippen LogP contribution in [0.2, 0.25) is 0 Å². The summed E-state index contributed by atoms with van der Waals surface area (Å²) >= 11 is 2.25. The number of hydrogen-bond donors (Lipinski definition) is 8. The van der Waals surface area contributed by atoms with E-state index in [2.05, 4.69) is 59.2 Å². The molecule has 670 valence electrons. The van der Waals surface area contributed by atoms with Crippen LogP contribution in [0.25, 0.3) is 10.8 Å². The average Bonchev–Trinajstić information content (AvgIpc) is 1.48. The molecular formula is C90H130IN13O17S. The number of aromatic carboxylic acids is 1. The van der Waals surface area contributed by atoms with Crippen LogP contribution in [0.3, 0.4) is 0 Å². The van der Waals surface area contributed by atoms with Crippen molar-refractivity contribution in [3.8, 4) is 5.75 Å². The number of sulfonamides is 1. The minimum absolute atomic E-state index is 0.00207. The molecule has 6 amide bonds. The first-order chi connectivity index (χ1) is 57.3. The van der Waals surface area contributed by atoms with Gasteiger partial charge in [0, 0.05) is 132 Å². The SMILES string of the molecule is Cc1c(C)c(S(=O)(=O)NC(=NCCC[C@H](NC(=O)[C@H](CCCCNC(=O)CN2CCN(CC(=O)OC(C)(C)C)CCN(CC(=O)OC(C)(C)C)CCN(CC(=O)OC(C)(C)C)CC2)NC(=O)c2ccc(CNC(=O)CCCc3ccc(I)cc3)cc2)C(=O)NCCCCCNC(=O)c2ccc(C(=O)O)c3ccccc23)N(C)C)c(C)c2c1OC(C)(C)C2. The highest BCUT2D eigenvalue weighted by molar-refractivity contribution is 14.1. The molecule has 122 heavy (non-hydrogen) atoms. The summed E-state index contributed by atoms with van der Waals surface area (Å²) in [7, 11) is -0.940. The number of carbonyl (C=O) groups is 10. The van der Waals surface area contributed by atoms with Gasteiger partial charge in [-0.3, -0.25) is 67.7 Å². The third kappa shape index (κ3) is 33.7. The molecule has 7 rings (SSSR count). The molecule has 2 atom stereocenters. The summed E-state index contributed by atoms with van der Waals surface area (Å²) in [5.41, 5.74) is 2.36. The number of carboxylic acids is 1. The quantitative estimate of drug-likeness (QED) is 0.00456. The molecule has 0 radical (unpaired) electrons. The van der Waals surface area contributed by atoms with Crippen LogP contribution in [0.15, 0.2) is 94.8 Å². The van der Waals surface area contributed by atoms with Gasteiger partial charge in [0.25, 0.3) is 21.8 Å². The van der Waals surface area contributed by atoms with Crippen molar-refractivity contribution in [3.63, 3.8) is 0 Å². The minimum atomic E-state index is -4.24. The Morgan fingerprint density at radius 3 is 1.56 bits per heavy atom. The molecule has 2 aliphatic heterocycles. The molecule has 2 heterocycles. The smallest absolute Gasteiger partial charge is 0.336 e. The van der Waals surface area contributed by atoms with E-state index in [1.807, 2.05) is 64.6 Å². The van der Waals surface area contributed by atoms with Crippen LogP contribution in [-0.2, 0) is 77.2 Å². The minimum Gasteiger partial charge on any atom is -0.487 e. The number of unbranched alkanes of at least 4 members (excludes halogenated alkanes) is 3. The van der Waals surface area contributed by atoms with Crippen LogP contribution in [0.4, 0.5) is 0 Å². The molecule has 0 unspecified atom stereocenters. The number of hydrogen-bond acceptors (Lipinski definition) is 21. The highest BCUT2D eigenvalue weighted by atomic mass is 127. The first kappa shape index (κ1) is 99.8. The number of amides is 6. The lowest BCUT2D eigenvalue weighted by molar-refractivity contribution is -0.158. The van der Waals surface area contributed by atoms with Crippen LogP contribution in [0.5, 0.6) is 5.75 Å². The van der Waals surface area contributed by atoms with Crippen molar-refractivity contribution in [1.82, 2.24) is 61.1 Å². The number of nitrogens with one attached hydrogen (secondary N) is 7. The van der Waals surface area contributed by atoms with Crippen LogP contribution in [0, 0.1) is 24.3 Å². The molecule has 0 saturated carbocycles. The fourth-order valence-corrected chi connectivity index (χ4v) is 16.4. The first-order valence-corrected chi connectivity index (χ1v) is 44.8. The van der Waals surface area contributed by atoms with Gasteiger partial charge in [-0.1, -0.05) is 48.5 Å². The maximum absolute atomic E-state index is 15.1. The van der Waals surface area contributed by atoms with Crippen molar-refractivity contribution < 1.29 is 80.4 Å². The lowest BCUT2D eigenvalue weighted by Crippen LogP contribution is -2.54. The normalized spacial score (nSPS) is 15.2. The van der Waals surface area contributed by atoms with Gasteiger partial charge in [-0.2, -0.15) is 0 Å². The fourth-order valence-electron chi connectivity index (χ4n) is 14.4. The summed E-state index contributed by atoms with van der Waals surface area (Å²) in [5, 5.41) is 28.4. The maximum atomic E-state index is 15.1. The molecule has 0 bridgehead atoms. The van der Waals surface area contributed by atoms with E-state index in [1.165, 1.54) is 17.0 Å². The number of aryl methyl sites for hydroxylation is 1. The summed E-state index contributed by atoms with van der Waals surface area (Å²) in [4.78, 5) is 151. The lowest BCUT2D eigenvalue weighted by atomic mass is 9.94. The summed E-state index contributed by atoms with van der Waals surface area (Å²) < 4.78 is 56.3. The highest BCUT2D eigenvalue weighted by Gasteiger charge is 2.38. The van der Waals surface area contributed by atoms with Crippen molar-refractivity contribution >= 4 is 109 Å². The highest BCUT2D eigenvalue weighted by Crippen LogP contribution is 2.44. The van der Waals surface area contributed by atoms with Gasteiger partial charge in [0.1, 0.15) is 40.2 Å². The van der Waals surface area contributed by atoms with Gasteiger partial charge in [-0.15, -0.1) is 0 Å². The second-order valence-corrected chi connectivity index (χ2v) is 38.1. The number of esters is 3. The Hall–Kier alpha value is -9.35. The molecular weight excluding hydrogens is 1690 g/mol. The summed E-state index contributed by atoms with van der Waals surface area (Å²) in [6.07, 6.45) is 4.63. The molecule has 2 aliphatic rings. The van der Waals surface area contributed by atoms with E-state index in [9.17, 15) is 56.7 Å². The Bertz CT molecular complexity index is 4550. The van der Waals surface area contributed by atoms with E-state index in [0.717, 1.165) is 32.2 Å². The number of aliphatic imine (C=N–C) groups is 1. The van der Waals surface area contributed by atoms with Crippen LogP contribution in [0.1, 0.15) is 205 Å². The molecule has 5 aromatic carbocycles. The van der Waals surface area contributed by atoms with Crippen molar-refractivity contribution in [2.75, 3.05) is 119 Å². The lowest BCUT2D eigenvalue weighted by Gasteiger charge is -2.34. The number of rotatable bonds is 38. The zero-order valence-corrected chi connectivity index (χ0v) is 77.2. The number of fused-ring (bicyclic) bond motifs is 2. The van der Waals surface area contributed by atoms with Gasteiger partial charge in [0.05, 0.1) is 36.6 Å². The summed E-state index contributed by atoms with van der Waals surface area (Å²) in [5.74, 6) is -4.35. The molecule has 32 heteroatoms. The fraction of sp³-hybridized carbons (Fsp3) is 0.567. The van der Waals surface area contributed by atoms with Gasteiger partial charge in [-0.25, -0.2) is 17.9 Å². The Morgan fingerprint density at radius 1 is 0.541 bits per heavy atom. The predicted molar refractivity (Wildman–Crippen MR) is 478 cm³/mol. The van der Waals surface area contributed by atoms with E-state index in [1.54, 1.807) is 139 Å². The van der Waals surface area contributed by atoms with Crippen LogP contribution < -0.4 is 41.4 Å². The standard InChI is InChI=1S/C90H130IN13O17S/c1-60-61(2)80(62(3)71-54-90(13,14)121-79(60)71)122(116,117)99-86(100(15)16)95-45-25-30-72(83(112)94-44-22-17-21-43-93-82(111)69-40-41-70(85(114)115)68-28-19-18-27-67(68)69)98-84(113)73(97-81(110)65-36-32-64(33-37-65)55-96-74(105)31-24-26-63-34-38-66(91)39-35-63)29-20-23-42-92-75(106)56-101-46-48-102(57-76(107)118-87(4,5)6)50-52-104(59-78(109)120-89(10,11)12)53-51-103(49-47-101)58-77(108)119-88(7,8)9/h18-19,27-28,32-41,72-73H,17,20-26,29-31,42-59H2,1-16H3,(H,92,106)(H,93,111)(H,94,112)(H,95,99)(H,96,105)(H,97,110)(H,98,113)(H,114,115)/t72-,73-/m0/s1. The monoisotopic (exact) mass is 1820 g/mol. The number of guanidine groups is 1. The van der Waals surface area contributed by atoms with Gasteiger partial charge in [0.15, 0.2) is 0 Å². The number of carbonyl (C=O) groups excluding carboxylic acids is 9. The molecule has 5 aromatic rings. The van der Waals surface area contributed by atoms with E-state index >= 15 is 4.79 Å². The first-order valence-electron chi connectivity index (χ1n) is 42.2. The van der Waals surface area contributed by atoms with Crippen molar-refractivity contribution in [3.05, 3.63) is 139 Å². The Balaban J connectivity index is 1.08. The second-order valence-electron chi connectivity index (χ2n) is 35.3. The number of ether oxygens (including phenoxy) is 4. The van der Waals surface area contributed by atoms with E-state index in [4.69, 9.17) is 23.9 Å². The topological polar surface area (TPSA) is 375 Å². The van der Waals surface area contributed by atoms with Crippen molar-refractivity contribution in [2.24, 2.45) is 4.99 Å². The molecule has 0 aromatic heterocycles. The Kier molecular flexibility index (Phi) is 37.9. The van der Waals surface area contributed by atoms with Crippen LogP contribution >= 0.6 is 22.6 Å². The third-order valence-corrected chi connectivity index (χ3v) is 22.9. The third-order valence-electron chi connectivity index (χ3n) is 20.6. The maximum Gasteiger partial charge on any atom is 0.336 e. The number of nitrogens with zero attached hydrogens (tertiary/aromatic N) is 6. The molecule has 8 N–H and O–H groups in total. The largest absolute Gasteiger partial charge is 0.487 e. The van der Waals surface area contributed by atoms with Gasteiger partial charge in [-0.05, 0) is 259 Å². The number of halogens is 1. The van der Waals surface area contributed by atoms with E-state index in [-0.39, 0.29) is 124 Å².